The largest absolute Gasteiger partial charge is 0.378 e. The Balaban J connectivity index is 3.56. The molecule has 3 N–H and O–H groups in total. The van der Waals surface area contributed by atoms with Crippen LogP contribution in [0.15, 0.2) is 0 Å². The minimum Gasteiger partial charge on any atom is -0.378 e. The fourth-order valence-electron chi connectivity index (χ4n) is 1.65. The summed E-state index contributed by atoms with van der Waals surface area (Å²) in [6, 6.07) is 0.0746. The smallest absolute Gasteiger partial charge is 0.136 e. The molecule has 0 aromatic heterocycles. The van der Waals surface area contributed by atoms with Gasteiger partial charge in [0.05, 0.1) is 32.5 Å². The van der Waals surface area contributed by atoms with Crippen molar-refractivity contribution >= 4 is 6.29 Å². The highest BCUT2D eigenvalue weighted by atomic mass is 16.5. The van der Waals surface area contributed by atoms with E-state index in [1.165, 1.54) is 0 Å². The van der Waals surface area contributed by atoms with Crippen molar-refractivity contribution in [1.29, 1.82) is 0 Å². The summed E-state index contributed by atoms with van der Waals surface area (Å²) >= 11 is 0. The number of ether oxygens (including phenoxy) is 2. The molecule has 0 spiro atoms. The summed E-state index contributed by atoms with van der Waals surface area (Å²) in [4.78, 5) is 10.9. The van der Waals surface area contributed by atoms with E-state index in [0.29, 0.717) is 38.9 Å². The second kappa shape index (κ2) is 11.6. The summed E-state index contributed by atoms with van der Waals surface area (Å²) in [7, 11) is 0. The number of hydrogen-bond donors (Lipinski definition) is 2. The Bertz CT molecular complexity index is 201. The number of carbonyl (C=O) groups is 1. The van der Waals surface area contributed by atoms with E-state index < -0.39 is 0 Å². The van der Waals surface area contributed by atoms with E-state index in [0.717, 1.165) is 12.7 Å². The van der Waals surface area contributed by atoms with Crippen LogP contribution in [0.4, 0.5) is 0 Å². The fraction of sp³-hybridized carbons (Fsp3) is 0.923. The zero-order valence-electron chi connectivity index (χ0n) is 11.9. The predicted molar refractivity (Wildman–Crippen MR) is 72.6 cm³/mol. The van der Waals surface area contributed by atoms with Crippen LogP contribution in [-0.4, -0.2) is 51.3 Å². The van der Waals surface area contributed by atoms with E-state index in [1.807, 2.05) is 6.92 Å². The first-order chi connectivity index (χ1) is 8.60. The highest BCUT2D eigenvalue weighted by Gasteiger charge is 2.12. The Morgan fingerprint density at radius 3 is 2.39 bits per heavy atom. The molecule has 0 radical (unpaired) electrons. The molecule has 0 saturated heterocycles. The highest BCUT2D eigenvalue weighted by molar-refractivity contribution is 5.57. The molecular weight excluding hydrogens is 232 g/mol. The molecule has 0 aliphatic rings. The highest BCUT2D eigenvalue weighted by Crippen LogP contribution is 2.03. The van der Waals surface area contributed by atoms with Crippen molar-refractivity contribution < 1.29 is 14.3 Å². The number of rotatable bonds is 12. The molecule has 5 nitrogen and oxygen atoms in total. The molecule has 0 aliphatic carbocycles. The van der Waals surface area contributed by atoms with Gasteiger partial charge in [-0.25, -0.2) is 0 Å². The summed E-state index contributed by atoms with van der Waals surface area (Å²) in [5.41, 5.74) is 5.29. The molecule has 0 aliphatic heterocycles. The summed E-state index contributed by atoms with van der Waals surface area (Å²) in [5.74, 6) is 0.505. The molecule has 0 amide bonds. The van der Waals surface area contributed by atoms with Gasteiger partial charge in [-0.3, -0.25) is 0 Å². The molecular formula is C13H28N2O3. The summed E-state index contributed by atoms with van der Waals surface area (Å²) in [5, 5.41) is 3.25. The SMILES string of the molecule is CC(C)C[C@@H](C=O)NC(C)COCCOCCN. The van der Waals surface area contributed by atoms with Crippen LogP contribution in [0.2, 0.25) is 0 Å². The van der Waals surface area contributed by atoms with Crippen LogP contribution in [0.3, 0.4) is 0 Å². The van der Waals surface area contributed by atoms with Crippen LogP contribution in [0.5, 0.6) is 0 Å². The molecule has 0 aromatic carbocycles. The van der Waals surface area contributed by atoms with Gasteiger partial charge in [-0.1, -0.05) is 13.8 Å². The van der Waals surface area contributed by atoms with Gasteiger partial charge < -0.3 is 25.3 Å². The lowest BCUT2D eigenvalue weighted by Crippen LogP contribution is -2.41. The van der Waals surface area contributed by atoms with Crippen molar-refractivity contribution in [2.75, 3.05) is 33.0 Å². The third-order valence-electron chi connectivity index (χ3n) is 2.39. The minimum atomic E-state index is -0.0860. The van der Waals surface area contributed by atoms with E-state index in [2.05, 4.69) is 19.2 Å². The van der Waals surface area contributed by atoms with Gasteiger partial charge in [0.2, 0.25) is 0 Å². The first-order valence-corrected chi connectivity index (χ1v) is 6.67. The lowest BCUT2D eigenvalue weighted by atomic mass is 10.0. The van der Waals surface area contributed by atoms with Crippen LogP contribution in [-0.2, 0) is 14.3 Å². The normalized spacial score (nSPS) is 14.7. The second-order valence-corrected chi connectivity index (χ2v) is 4.92. The summed E-state index contributed by atoms with van der Waals surface area (Å²) in [6.07, 6.45) is 1.83. The third-order valence-corrected chi connectivity index (χ3v) is 2.39. The van der Waals surface area contributed by atoms with E-state index in [1.54, 1.807) is 0 Å². The van der Waals surface area contributed by atoms with Gasteiger partial charge in [-0.05, 0) is 19.3 Å². The van der Waals surface area contributed by atoms with Crippen LogP contribution in [0.25, 0.3) is 0 Å². The third kappa shape index (κ3) is 10.7. The molecule has 0 saturated carbocycles. The second-order valence-electron chi connectivity index (χ2n) is 4.92. The van der Waals surface area contributed by atoms with Crippen molar-refractivity contribution in [2.45, 2.75) is 39.3 Å². The molecule has 0 aromatic rings. The van der Waals surface area contributed by atoms with Crippen LogP contribution in [0, 0.1) is 5.92 Å². The molecule has 0 fully saturated rings. The standard InChI is InChI=1S/C13H28N2O3/c1-11(2)8-13(9-16)15-12(3)10-18-7-6-17-5-4-14/h9,11-13,15H,4-8,10,14H2,1-3H3/t12?,13-/m0/s1. The Labute approximate surface area is 110 Å². The maximum Gasteiger partial charge on any atom is 0.136 e. The Morgan fingerprint density at radius 1 is 1.17 bits per heavy atom. The number of nitrogens with two attached hydrogens (primary N) is 1. The maximum absolute atomic E-state index is 10.9. The maximum atomic E-state index is 10.9. The average molecular weight is 260 g/mol. The number of nitrogens with one attached hydrogen (secondary N) is 1. The minimum absolute atomic E-state index is 0.0860. The molecule has 18 heavy (non-hydrogen) atoms. The van der Waals surface area contributed by atoms with Crippen LogP contribution >= 0.6 is 0 Å². The molecule has 1 unspecified atom stereocenters. The molecule has 0 heterocycles. The predicted octanol–water partition coefficient (Wildman–Crippen LogP) is 0.570. The fourth-order valence-corrected chi connectivity index (χ4v) is 1.65. The van der Waals surface area contributed by atoms with Gasteiger partial charge in [0.1, 0.15) is 6.29 Å². The van der Waals surface area contributed by atoms with Gasteiger partial charge in [-0.15, -0.1) is 0 Å². The lowest BCUT2D eigenvalue weighted by molar-refractivity contribution is -0.110. The van der Waals surface area contributed by atoms with Crippen molar-refractivity contribution in [3.8, 4) is 0 Å². The summed E-state index contributed by atoms with van der Waals surface area (Å²) in [6.45, 7) is 9.02. The first kappa shape index (κ1) is 17.5. The van der Waals surface area contributed by atoms with Crippen LogP contribution < -0.4 is 11.1 Å². The molecule has 0 rings (SSSR count). The van der Waals surface area contributed by atoms with Crippen molar-refractivity contribution in [3.63, 3.8) is 0 Å². The van der Waals surface area contributed by atoms with E-state index in [-0.39, 0.29) is 12.1 Å². The lowest BCUT2D eigenvalue weighted by Gasteiger charge is -2.20. The molecule has 2 atom stereocenters. The zero-order valence-corrected chi connectivity index (χ0v) is 11.9. The van der Waals surface area contributed by atoms with Crippen molar-refractivity contribution in [1.82, 2.24) is 5.32 Å². The summed E-state index contributed by atoms with van der Waals surface area (Å²) < 4.78 is 10.6. The van der Waals surface area contributed by atoms with Gasteiger partial charge in [0.25, 0.3) is 0 Å². The van der Waals surface area contributed by atoms with E-state index >= 15 is 0 Å². The average Bonchev–Trinajstić information content (AvgIpc) is 2.32. The first-order valence-electron chi connectivity index (χ1n) is 6.67. The number of carbonyl (C=O) groups excluding carboxylic acids is 1. The van der Waals surface area contributed by atoms with Crippen molar-refractivity contribution in [2.24, 2.45) is 11.7 Å². The number of aldehydes is 1. The topological polar surface area (TPSA) is 73.6 Å². The number of hydrogen-bond acceptors (Lipinski definition) is 5. The van der Waals surface area contributed by atoms with Crippen LogP contribution in [0.1, 0.15) is 27.2 Å². The van der Waals surface area contributed by atoms with Gasteiger partial charge >= 0.3 is 0 Å². The molecule has 0 bridgehead atoms. The van der Waals surface area contributed by atoms with Crippen molar-refractivity contribution in [3.05, 3.63) is 0 Å². The molecule has 5 heteroatoms. The monoisotopic (exact) mass is 260 g/mol. The van der Waals surface area contributed by atoms with Gasteiger partial charge in [0, 0.05) is 12.6 Å². The Kier molecular flexibility index (Phi) is 11.3. The van der Waals surface area contributed by atoms with Gasteiger partial charge in [0.15, 0.2) is 0 Å². The van der Waals surface area contributed by atoms with Gasteiger partial charge in [-0.2, -0.15) is 0 Å². The quantitative estimate of drug-likeness (QED) is 0.396. The zero-order chi connectivity index (χ0) is 13.8. The van der Waals surface area contributed by atoms with E-state index in [4.69, 9.17) is 15.2 Å². The Hall–Kier alpha value is -0.490. The Morgan fingerprint density at radius 2 is 1.83 bits per heavy atom. The molecule has 108 valence electrons. The van der Waals surface area contributed by atoms with E-state index in [9.17, 15) is 4.79 Å².